The highest BCUT2D eigenvalue weighted by Crippen LogP contribution is 2.45. The van der Waals surface area contributed by atoms with E-state index in [9.17, 15) is 42.7 Å². The summed E-state index contributed by atoms with van der Waals surface area (Å²) in [7, 11) is 0. The number of rotatable bonds is 18. The number of nitriles is 1. The number of piperidine rings is 1. The van der Waals surface area contributed by atoms with Crippen LogP contribution in [0.3, 0.4) is 0 Å². The zero-order valence-corrected chi connectivity index (χ0v) is 48.1. The molecule has 4 amide bonds. The highest BCUT2D eigenvalue weighted by atomic mass is 35.5. The number of carbonyl (C=O) groups excluding carboxylic acids is 4. The molecule has 8 rings (SSSR count). The SMILES string of the molecule is C=CC(=O)N1CCN(c2nc(OCCN3CCC(COCC(=O)N[C@H](C(=O)N4C[C@H](O)C[C@H]4C(=O)N[C@@H](C)c4ccc(-c5scnc5C)cc4)C(C)(C)C)CC3)nc3c(F)c(-c4nc(N)cc(C)c4C(F)(F)F)c(Cl)cc23)C[C@@H]1CC#N. The van der Waals surface area contributed by atoms with Crippen molar-refractivity contribution in [2.75, 3.05) is 76.3 Å². The second-order valence-corrected chi connectivity index (χ2v) is 23.3. The van der Waals surface area contributed by atoms with Crippen LogP contribution in [0.4, 0.5) is 29.2 Å². The molecule has 5 N–H and O–H groups in total. The monoisotopic (exact) mass is 1170 g/mol. The number of nitrogens with one attached hydrogen (secondary N) is 2. The zero-order valence-electron chi connectivity index (χ0n) is 46.5. The number of alkyl halides is 3. The van der Waals surface area contributed by atoms with Crippen LogP contribution in [0.25, 0.3) is 32.6 Å². The molecular weight excluding hydrogens is 1110 g/mol. The number of thiazole rings is 1. The number of ether oxygens (including phenoxy) is 2. The lowest BCUT2D eigenvalue weighted by molar-refractivity contribution is -0.144. The highest BCUT2D eigenvalue weighted by Gasteiger charge is 2.45. The molecule has 19 nitrogen and oxygen atoms in total. The van der Waals surface area contributed by atoms with Gasteiger partial charge in [0.15, 0.2) is 5.82 Å². The van der Waals surface area contributed by atoms with Crippen molar-refractivity contribution in [3.63, 3.8) is 0 Å². The van der Waals surface area contributed by atoms with Crippen LogP contribution in [-0.4, -0.2) is 153 Å². The van der Waals surface area contributed by atoms with Crippen molar-refractivity contribution in [2.45, 2.75) is 104 Å². The van der Waals surface area contributed by atoms with E-state index in [2.05, 4.69) is 48.1 Å². The van der Waals surface area contributed by atoms with Gasteiger partial charge in [-0.3, -0.25) is 24.1 Å². The number of β-amino-alcohol motifs (C(OH)–C–C–N with tert-alkyl or cyclic N) is 1. The smallest absolute Gasteiger partial charge is 0.418 e. The van der Waals surface area contributed by atoms with Gasteiger partial charge >= 0.3 is 12.2 Å². The van der Waals surface area contributed by atoms with E-state index in [4.69, 9.17) is 26.8 Å². The average Bonchev–Trinajstić information content (AvgIpc) is 2.38. The molecule has 5 aromatic rings. The first-order chi connectivity index (χ1) is 38.9. The number of halogens is 5. The Hall–Kier alpha value is -7.04. The lowest BCUT2D eigenvalue weighted by atomic mass is 9.85. The number of nitrogens with zero attached hydrogens (tertiary/aromatic N) is 9. The van der Waals surface area contributed by atoms with E-state index < -0.39 is 92.8 Å². The maximum absolute atomic E-state index is 17.0. The molecule has 438 valence electrons. The van der Waals surface area contributed by atoms with E-state index in [1.165, 1.54) is 22.8 Å². The van der Waals surface area contributed by atoms with E-state index in [0.717, 1.165) is 33.8 Å². The number of nitrogens with two attached hydrogens (primary N) is 1. The molecule has 2 aromatic carbocycles. The molecule has 0 radical (unpaired) electrons. The van der Waals surface area contributed by atoms with Crippen molar-refractivity contribution < 1.29 is 51.3 Å². The Labute approximate surface area is 481 Å². The summed E-state index contributed by atoms with van der Waals surface area (Å²) in [5.74, 6) is -3.09. The van der Waals surface area contributed by atoms with Gasteiger partial charge in [0.25, 0.3) is 0 Å². The number of hydrogen-bond acceptors (Lipinski definition) is 16. The molecule has 0 saturated carbocycles. The molecule has 3 fully saturated rings. The average molecular weight is 1180 g/mol. The Morgan fingerprint density at radius 3 is 2.39 bits per heavy atom. The van der Waals surface area contributed by atoms with Crippen molar-refractivity contribution >= 4 is 69.1 Å². The summed E-state index contributed by atoms with van der Waals surface area (Å²) in [6, 6.07) is 8.92. The van der Waals surface area contributed by atoms with E-state index in [0.29, 0.717) is 32.5 Å². The minimum absolute atomic E-state index is 0.0268. The van der Waals surface area contributed by atoms with Gasteiger partial charge in [-0.2, -0.15) is 28.4 Å². The number of fused-ring (bicyclic) bond motifs is 1. The minimum Gasteiger partial charge on any atom is -0.462 e. The summed E-state index contributed by atoms with van der Waals surface area (Å²) in [4.78, 5) is 79.2. The number of benzene rings is 2. The Kier molecular flexibility index (Phi) is 19.1. The van der Waals surface area contributed by atoms with Crippen LogP contribution >= 0.6 is 22.9 Å². The van der Waals surface area contributed by atoms with Crippen LogP contribution in [0.2, 0.25) is 5.02 Å². The van der Waals surface area contributed by atoms with E-state index >= 15 is 4.39 Å². The Bertz CT molecular complexity index is 3240. The standard InChI is InChI=1S/C57H67ClF4N12O7S/c1-8-44(77)73-20-19-72(26-37(73)13-16-63)52-39-25-40(58)45(49-46(57(60,61)62)31(2)23-42(64)67-49)47(59)48(39)69-55(70-52)81-22-21-71-17-14-34(15-18-71)28-80-29-43(76)68-51(56(5,6)7)54(79)74-27-38(75)24-41(74)53(78)66-32(3)35-9-11-36(12-10-35)50-33(4)65-30-82-50/h8-12,23,25,30,32,34,37-38,41,51,75H,1,13-15,17-22,24,26-29H2,2-7H3,(H2,64,67)(H,66,78)(H,68,76)/t32-,37-,38+,41-,51+/m0/s1. The third-order valence-electron chi connectivity index (χ3n) is 15.2. The molecule has 25 heteroatoms. The number of pyridine rings is 1. The first-order valence-electron chi connectivity index (χ1n) is 27.0. The molecular formula is C57H67ClF4N12O7S. The number of hydrogen-bond donors (Lipinski definition) is 4. The summed E-state index contributed by atoms with van der Waals surface area (Å²) in [5.41, 5.74) is 6.33. The molecule has 6 heterocycles. The van der Waals surface area contributed by atoms with E-state index in [1.54, 1.807) is 42.5 Å². The molecule has 0 unspecified atom stereocenters. The van der Waals surface area contributed by atoms with Crippen molar-refractivity contribution in [1.29, 1.82) is 5.26 Å². The predicted molar refractivity (Wildman–Crippen MR) is 302 cm³/mol. The normalized spacial score (nSPS) is 19.0. The summed E-state index contributed by atoms with van der Waals surface area (Å²) in [5, 5.41) is 25.9. The first kappa shape index (κ1) is 61.0. The molecule has 0 bridgehead atoms. The molecule has 3 aliphatic rings. The number of aromatic nitrogens is 4. The Balaban J connectivity index is 0.870. The summed E-state index contributed by atoms with van der Waals surface area (Å²) < 4.78 is 72.6. The van der Waals surface area contributed by atoms with Gasteiger partial charge in [0.2, 0.25) is 23.6 Å². The number of aryl methyl sites for hydroxylation is 2. The largest absolute Gasteiger partial charge is 0.462 e. The molecule has 0 aliphatic carbocycles. The van der Waals surface area contributed by atoms with Gasteiger partial charge in [-0.15, -0.1) is 11.3 Å². The van der Waals surface area contributed by atoms with Crippen LogP contribution in [0.1, 0.15) is 81.8 Å². The Morgan fingerprint density at radius 1 is 1.02 bits per heavy atom. The number of likely N-dealkylation sites (tertiary alicyclic amines) is 2. The summed E-state index contributed by atoms with van der Waals surface area (Å²) >= 11 is 8.21. The Morgan fingerprint density at radius 2 is 1.74 bits per heavy atom. The third-order valence-corrected chi connectivity index (χ3v) is 16.4. The fraction of sp³-hybridized carbons (Fsp3) is 0.491. The molecule has 3 aliphatic heterocycles. The van der Waals surface area contributed by atoms with Crippen LogP contribution in [0.15, 0.2) is 54.6 Å². The fourth-order valence-electron chi connectivity index (χ4n) is 10.8. The lowest BCUT2D eigenvalue weighted by Crippen LogP contribution is -2.58. The van der Waals surface area contributed by atoms with Crippen molar-refractivity contribution in [3.05, 3.63) is 87.8 Å². The number of amides is 4. The van der Waals surface area contributed by atoms with Gasteiger partial charge < -0.3 is 45.6 Å². The fourth-order valence-corrected chi connectivity index (χ4v) is 11.9. The topological polar surface area (TPSA) is 245 Å². The third kappa shape index (κ3) is 13.9. The van der Waals surface area contributed by atoms with Gasteiger partial charge in [0.1, 0.15) is 42.4 Å². The summed E-state index contributed by atoms with van der Waals surface area (Å²) in [6.07, 6.45) is -3.35. The predicted octanol–water partition coefficient (Wildman–Crippen LogP) is 7.42. The van der Waals surface area contributed by atoms with E-state index in [1.807, 2.05) is 38.1 Å². The molecule has 82 heavy (non-hydrogen) atoms. The van der Waals surface area contributed by atoms with Crippen LogP contribution in [-0.2, 0) is 30.1 Å². The maximum atomic E-state index is 17.0. The number of aliphatic hydroxyl groups is 1. The second-order valence-electron chi connectivity index (χ2n) is 22.1. The molecule has 0 spiro atoms. The van der Waals surface area contributed by atoms with Crippen molar-refractivity contribution in [1.82, 2.24) is 45.3 Å². The van der Waals surface area contributed by atoms with Crippen LogP contribution < -0.4 is 26.0 Å². The number of anilines is 2. The number of carbonyl (C=O) groups is 4. The lowest BCUT2D eigenvalue weighted by Gasteiger charge is -2.41. The number of nitrogen functional groups attached to an aromatic ring is 1. The van der Waals surface area contributed by atoms with Crippen LogP contribution in [0.5, 0.6) is 6.01 Å². The van der Waals surface area contributed by atoms with E-state index in [-0.39, 0.29) is 99.3 Å². The minimum atomic E-state index is -4.96. The number of aliphatic hydroxyl groups excluding tert-OH is 1. The van der Waals surface area contributed by atoms with Crippen LogP contribution in [0, 0.1) is 42.3 Å². The molecule has 3 aromatic heterocycles. The summed E-state index contributed by atoms with van der Waals surface area (Å²) in [6.45, 7) is 15.9. The molecule has 5 atom stereocenters. The second kappa shape index (κ2) is 25.6. The maximum Gasteiger partial charge on any atom is 0.418 e. The van der Waals surface area contributed by atoms with Crippen molar-refractivity contribution in [2.24, 2.45) is 11.3 Å². The quantitative estimate of drug-likeness (QED) is 0.0493. The van der Waals surface area contributed by atoms with Gasteiger partial charge in [-0.1, -0.05) is 63.2 Å². The van der Waals surface area contributed by atoms with Gasteiger partial charge in [-0.05, 0) is 92.9 Å². The first-order valence-corrected chi connectivity index (χ1v) is 28.2. The van der Waals surface area contributed by atoms with Gasteiger partial charge in [-0.25, -0.2) is 14.4 Å². The van der Waals surface area contributed by atoms with Gasteiger partial charge in [0, 0.05) is 44.5 Å². The zero-order chi connectivity index (χ0) is 59.4. The highest BCUT2D eigenvalue weighted by molar-refractivity contribution is 7.13. The molecule has 3 saturated heterocycles. The van der Waals surface area contributed by atoms with Crippen molar-refractivity contribution in [3.8, 4) is 33.8 Å². The number of piperazine rings is 1. The van der Waals surface area contributed by atoms with Gasteiger partial charge in [0.05, 0.1) is 75.2 Å².